The molecule has 0 radical (unpaired) electrons. The molecule has 0 bridgehead atoms. The number of piperidine rings is 1. The summed E-state index contributed by atoms with van der Waals surface area (Å²) in [5.41, 5.74) is 0.292. The van der Waals surface area contributed by atoms with Crippen LogP contribution in [0.15, 0.2) is 11.4 Å². The van der Waals surface area contributed by atoms with E-state index in [0.29, 0.717) is 18.5 Å². The van der Waals surface area contributed by atoms with E-state index in [1.165, 1.54) is 15.2 Å². The third-order valence-corrected chi connectivity index (χ3v) is 7.09. The van der Waals surface area contributed by atoms with Crippen LogP contribution in [-0.2, 0) is 17.1 Å². The molecule has 20 heavy (non-hydrogen) atoms. The van der Waals surface area contributed by atoms with E-state index in [1.54, 1.807) is 7.05 Å². The van der Waals surface area contributed by atoms with Crippen LogP contribution in [0.4, 0.5) is 0 Å². The minimum Gasteiger partial charge on any atom is -0.324 e. The van der Waals surface area contributed by atoms with Crippen molar-refractivity contribution >= 4 is 21.6 Å². The largest absolute Gasteiger partial charge is 0.324 e. The van der Waals surface area contributed by atoms with Gasteiger partial charge in [-0.3, -0.25) is 0 Å². The average molecular weight is 320 g/mol. The fourth-order valence-electron chi connectivity index (χ4n) is 2.85. The van der Waals surface area contributed by atoms with Gasteiger partial charge in [0.2, 0.25) is 5.03 Å². The van der Waals surface area contributed by atoms with Crippen molar-refractivity contribution in [3.8, 4) is 0 Å². The number of aromatic nitrogens is 2. The van der Waals surface area contributed by atoms with E-state index in [0.717, 1.165) is 25.7 Å². The van der Waals surface area contributed by atoms with Gasteiger partial charge in [0.15, 0.2) is 0 Å². The first-order chi connectivity index (χ1) is 9.36. The molecule has 2 rings (SSSR count). The SMILES string of the molecule is CCC1(CC)CCN(S(=O)(=O)c2ncn(C)c2Cl)CC1. The Labute approximate surface area is 126 Å². The van der Waals surface area contributed by atoms with Crippen LogP contribution in [0.5, 0.6) is 0 Å². The molecule has 1 aromatic rings. The zero-order valence-corrected chi connectivity index (χ0v) is 13.8. The van der Waals surface area contributed by atoms with Gasteiger partial charge >= 0.3 is 0 Å². The molecule has 0 unspecified atom stereocenters. The molecule has 1 aliphatic heterocycles. The number of hydrogen-bond donors (Lipinski definition) is 0. The number of nitrogens with zero attached hydrogens (tertiary/aromatic N) is 3. The molecular weight excluding hydrogens is 298 g/mol. The van der Waals surface area contributed by atoms with Gasteiger partial charge in [0.1, 0.15) is 5.15 Å². The third kappa shape index (κ3) is 2.61. The quantitative estimate of drug-likeness (QED) is 0.857. The number of hydrogen-bond acceptors (Lipinski definition) is 3. The molecule has 5 nitrogen and oxygen atoms in total. The maximum atomic E-state index is 12.6. The smallest absolute Gasteiger partial charge is 0.263 e. The van der Waals surface area contributed by atoms with Crippen molar-refractivity contribution in [1.29, 1.82) is 0 Å². The zero-order chi connectivity index (χ0) is 15.0. The Morgan fingerprint density at radius 1 is 1.30 bits per heavy atom. The van der Waals surface area contributed by atoms with E-state index in [9.17, 15) is 8.42 Å². The first kappa shape index (κ1) is 15.8. The Balaban J connectivity index is 2.20. The highest BCUT2D eigenvalue weighted by molar-refractivity contribution is 7.89. The van der Waals surface area contributed by atoms with Gasteiger partial charge in [-0.1, -0.05) is 38.3 Å². The van der Waals surface area contributed by atoms with Crippen molar-refractivity contribution in [3.05, 3.63) is 11.5 Å². The molecule has 0 N–H and O–H groups in total. The van der Waals surface area contributed by atoms with Crippen molar-refractivity contribution < 1.29 is 8.42 Å². The molecular formula is C13H22ClN3O2S. The Morgan fingerprint density at radius 2 is 1.85 bits per heavy atom. The molecule has 0 aliphatic carbocycles. The maximum Gasteiger partial charge on any atom is 0.263 e. The summed E-state index contributed by atoms with van der Waals surface area (Å²) in [5, 5.41) is 0.148. The Hall–Kier alpha value is -0.590. The predicted molar refractivity (Wildman–Crippen MR) is 79.2 cm³/mol. The summed E-state index contributed by atoms with van der Waals surface area (Å²) >= 11 is 6.02. The van der Waals surface area contributed by atoms with Crippen LogP contribution >= 0.6 is 11.6 Å². The highest BCUT2D eigenvalue weighted by Gasteiger charge is 2.37. The molecule has 0 spiro atoms. The Morgan fingerprint density at radius 3 is 2.25 bits per heavy atom. The predicted octanol–water partition coefficient (Wildman–Crippen LogP) is 2.66. The molecule has 0 amide bonds. The number of imidazole rings is 1. The van der Waals surface area contributed by atoms with Crippen molar-refractivity contribution in [2.75, 3.05) is 13.1 Å². The normalized spacial score (nSPS) is 20.2. The standard InChI is InChI=1S/C13H22ClN3O2S/c1-4-13(5-2)6-8-17(9-7-13)20(18,19)12-11(14)16(3)10-15-12/h10H,4-9H2,1-3H3. The van der Waals surface area contributed by atoms with Gasteiger partial charge in [0, 0.05) is 20.1 Å². The number of rotatable bonds is 4. The summed E-state index contributed by atoms with van der Waals surface area (Å²) in [6.45, 7) is 5.47. The van der Waals surface area contributed by atoms with Gasteiger partial charge < -0.3 is 4.57 Å². The number of halogens is 1. The maximum absolute atomic E-state index is 12.6. The zero-order valence-electron chi connectivity index (χ0n) is 12.3. The fraction of sp³-hybridized carbons (Fsp3) is 0.769. The summed E-state index contributed by atoms with van der Waals surface area (Å²) in [6, 6.07) is 0. The highest BCUT2D eigenvalue weighted by Crippen LogP contribution is 2.39. The van der Waals surface area contributed by atoms with Crippen molar-refractivity contribution in [2.24, 2.45) is 12.5 Å². The molecule has 1 saturated heterocycles. The third-order valence-electron chi connectivity index (χ3n) is 4.70. The van der Waals surface area contributed by atoms with Crippen LogP contribution in [0.3, 0.4) is 0 Å². The first-order valence-corrected chi connectivity index (χ1v) is 8.85. The van der Waals surface area contributed by atoms with Gasteiger partial charge in [-0.25, -0.2) is 13.4 Å². The van der Waals surface area contributed by atoms with Crippen LogP contribution in [0.1, 0.15) is 39.5 Å². The lowest BCUT2D eigenvalue weighted by molar-refractivity contribution is 0.141. The van der Waals surface area contributed by atoms with E-state index in [2.05, 4.69) is 18.8 Å². The van der Waals surface area contributed by atoms with E-state index in [1.807, 2.05) is 0 Å². The second-order valence-corrected chi connectivity index (χ2v) is 7.77. The lowest BCUT2D eigenvalue weighted by Gasteiger charge is -2.40. The summed E-state index contributed by atoms with van der Waals surface area (Å²) in [6.07, 6.45) is 5.44. The van der Waals surface area contributed by atoms with E-state index < -0.39 is 10.0 Å². The van der Waals surface area contributed by atoms with Crippen molar-refractivity contribution in [2.45, 2.75) is 44.6 Å². The van der Waals surface area contributed by atoms with E-state index >= 15 is 0 Å². The molecule has 1 aliphatic rings. The molecule has 1 aromatic heterocycles. The van der Waals surface area contributed by atoms with E-state index in [4.69, 9.17) is 11.6 Å². The van der Waals surface area contributed by atoms with Crippen LogP contribution in [-0.4, -0.2) is 35.4 Å². The molecule has 114 valence electrons. The van der Waals surface area contributed by atoms with Crippen LogP contribution < -0.4 is 0 Å². The molecule has 2 heterocycles. The van der Waals surface area contributed by atoms with Gasteiger partial charge in [-0.15, -0.1) is 0 Å². The summed E-state index contributed by atoms with van der Waals surface area (Å²) in [4.78, 5) is 3.94. The van der Waals surface area contributed by atoms with Gasteiger partial charge in [0.05, 0.1) is 6.33 Å². The molecule has 7 heteroatoms. The second kappa shape index (κ2) is 5.66. The van der Waals surface area contributed by atoms with Crippen molar-refractivity contribution in [1.82, 2.24) is 13.9 Å². The molecule has 0 atom stereocenters. The lowest BCUT2D eigenvalue weighted by Crippen LogP contribution is -2.42. The summed E-state index contributed by atoms with van der Waals surface area (Å²) in [7, 11) is -1.88. The topological polar surface area (TPSA) is 55.2 Å². The summed E-state index contributed by atoms with van der Waals surface area (Å²) < 4.78 is 28.2. The Kier molecular flexibility index (Phi) is 4.47. The van der Waals surface area contributed by atoms with E-state index in [-0.39, 0.29) is 10.2 Å². The van der Waals surface area contributed by atoms with Gasteiger partial charge in [-0.2, -0.15) is 4.31 Å². The van der Waals surface area contributed by atoms with Gasteiger partial charge in [-0.05, 0) is 18.3 Å². The van der Waals surface area contributed by atoms with Crippen LogP contribution in [0.25, 0.3) is 0 Å². The lowest BCUT2D eigenvalue weighted by atomic mass is 9.75. The molecule has 0 saturated carbocycles. The highest BCUT2D eigenvalue weighted by atomic mass is 35.5. The fourth-order valence-corrected chi connectivity index (χ4v) is 4.68. The molecule has 0 aromatic carbocycles. The Bertz CT molecular complexity index is 568. The monoisotopic (exact) mass is 319 g/mol. The molecule has 1 fully saturated rings. The van der Waals surface area contributed by atoms with Crippen LogP contribution in [0.2, 0.25) is 5.15 Å². The van der Waals surface area contributed by atoms with Crippen molar-refractivity contribution in [3.63, 3.8) is 0 Å². The first-order valence-electron chi connectivity index (χ1n) is 7.03. The number of aryl methyl sites for hydroxylation is 1. The number of sulfonamides is 1. The average Bonchev–Trinajstić information content (AvgIpc) is 2.79. The summed E-state index contributed by atoms with van der Waals surface area (Å²) in [5.74, 6) is 0. The van der Waals surface area contributed by atoms with Gasteiger partial charge in [0.25, 0.3) is 10.0 Å². The minimum atomic E-state index is -3.57. The minimum absolute atomic E-state index is 0.0258. The van der Waals surface area contributed by atoms with Crippen LogP contribution in [0, 0.1) is 5.41 Å². The second-order valence-electron chi connectivity index (χ2n) is 5.56.